The molecule has 1 aliphatic rings. The Morgan fingerprint density at radius 3 is 2.24 bits per heavy atom. The molecule has 5 heteroatoms. The van der Waals surface area contributed by atoms with Crippen molar-refractivity contribution in [3.63, 3.8) is 0 Å². The molecular formula is C29H28Cl2FNO. The second kappa shape index (κ2) is 10.1. The molecule has 2 unspecified atom stereocenters. The fraction of sp³-hybridized carbons (Fsp3) is 0.241. The van der Waals surface area contributed by atoms with E-state index in [2.05, 4.69) is 61.6 Å². The molecule has 34 heavy (non-hydrogen) atoms. The van der Waals surface area contributed by atoms with Gasteiger partial charge in [0.15, 0.2) is 5.67 Å². The van der Waals surface area contributed by atoms with E-state index in [4.69, 9.17) is 16.3 Å². The minimum Gasteiger partial charge on any atom is -0.374 e. The normalized spacial score (nSPS) is 16.4. The number of hydrogen-bond donors (Lipinski definition) is 1. The van der Waals surface area contributed by atoms with E-state index in [9.17, 15) is 4.39 Å². The van der Waals surface area contributed by atoms with Gasteiger partial charge in [0.2, 0.25) is 0 Å². The number of alkyl halides is 1. The van der Waals surface area contributed by atoms with Gasteiger partial charge in [0.1, 0.15) is 0 Å². The van der Waals surface area contributed by atoms with Crippen LogP contribution in [-0.4, -0.2) is 13.2 Å². The highest BCUT2D eigenvalue weighted by Crippen LogP contribution is 2.37. The van der Waals surface area contributed by atoms with E-state index in [1.807, 2.05) is 42.5 Å². The van der Waals surface area contributed by atoms with Crippen molar-refractivity contribution < 1.29 is 9.13 Å². The third-order valence-corrected chi connectivity index (χ3v) is 6.84. The van der Waals surface area contributed by atoms with Gasteiger partial charge < -0.3 is 10.1 Å². The van der Waals surface area contributed by atoms with Crippen LogP contribution in [0, 0.1) is 0 Å². The van der Waals surface area contributed by atoms with Crippen LogP contribution in [0.5, 0.6) is 0 Å². The Balaban J connectivity index is 0.00000274. The minimum absolute atomic E-state index is 0. The van der Waals surface area contributed by atoms with Gasteiger partial charge in [-0.1, -0.05) is 72.3 Å². The van der Waals surface area contributed by atoms with Gasteiger partial charge in [-0.05, 0) is 76.7 Å². The van der Waals surface area contributed by atoms with E-state index in [1.165, 1.54) is 16.3 Å². The van der Waals surface area contributed by atoms with Crippen molar-refractivity contribution in [2.75, 3.05) is 13.2 Å². The molecule has 0 aliphatic carbocycles. The van der Waals surface area contributed by atoms with Crippen LogP contribution in [0.2, 0.25) is 5.02 Å². The summed E-state index contributed by atoms with van der Waals surface area (Å²) in [7, 11) is 0. The van der Waals surface area contributed by atoms with E-state index in [-0.39, 0.29) is 37.7 Å². The van der Waals surface area contributed by atoms with Crippen LogP contribution >= 0.6 is 24.0 Å². The zero-order chi connectivity index (χ0) is 23.0. The van der Waals surface area contributed by atoms with Crippen molar-refractivity contribution in [1.82, 2.24) is 5.32 Å². The molecule has 0 amide bonds. The Kier molecular flexibility index (Phi) is 7.30. The van der Waals surface area contributed by atoms with Crippen LogP contribution in [0.4, 0.5) is 4.39 Å². The second-order valence-electron chi connectivity index (χ2n) is 8.99. The van der Waals surface area contributed by atoms with E-state index < -0.39 is 5.67 Å². The summed E-state index contributed by atoms with van der Waals surface area (Å²) in [5.74, 6) is 0. The standard InChI is InChI=1S/C29H27ClFNO.ClH/c1-19(22-7-5-8-26(30)15-22)32-20(2)24-14-23-6-3-4-9-27(23)28(16-24)21-10-12-25(13-11-21)29(31)17-33-18-29;/h3-16,19-20,32H,17-18H2,1-2H3;1H. The highest BCUT2D eigenvalue weighted by atomic mass is 35.5. The zero-order valence-electron chi connectivity index (χ0n) is 19.2. The first-order chi connectivity index (χ1) is 15.9. The third kappa shape index (κ3) is 4.85. The molecule has 5 rings (SSSR count). The van der Waals surface area contributed by atoms with Crippen LogP contribution in [0.1, 0.15) is 42.6 Å². The van der Waals surface area contributed by atoms with Crippen molar-refractivity contribution >= 4 is 34.8 Å². The smallest absolute Gasteiger partial charge is 0.182 e. The maximum atomic E-state index is 14.7. The topological polar surface area (TPSA) is 21.3 Å². The molecule has 1 saturated heterocycles. The number of fused-ring (bicyclic) bond motifs is 1. The van der Waals surface area contributed by atoms with E-state index in [0.29, 0.717) is 5.56 Å². The number of ether oxygens (including phenoxy) is 1. The minimum atomic E-state index is -1.35. The maximum absolute atomic E-state index is 14.7. The van der Waals surface area contributed by atoms with Gasteiger partial charge in [0.25, 0.3) is 0 Å². The summed E-state index contributed by atoms with van der Waals surface area (Å²) >= 11 is 6.19. The Bertz CT molecular complexity index is 1290. The number of halogens is 3. The Morgan fingerprint density at radius 2 is 1.56 bits per heavy atom. The molecule has 1 fully saturated rings. The summed E-state index contributed by atoms with van der Waals surface area (Å²) in [6.07, 6.45) is 0. The van der Waals surface area contributed by atoms with Crippen molar-refractivity contribution in [3.8, 4) is 11.1 Å². The van der Waals surface area contributed by atoms with Crippen molar-refractivity contribution in [1.29, 1.82) is 0 Å². The molecule has 0 bridgehead atoms. The fourth-order valence-corrected chi connectivity index (χ4v) is 4.76. The second-order valence-corrected chi connectivity index (χ2v) is 9.43. The van der Waals surface area contributed by atoms with Crippen molar-refractivity contribution in [2.24, 2.45) is 0 Å². The molecule has 176 valence electrons. The molecule has 4 aromatic rings. The monoisotopic (exact) mass is 495 g/mol. The molecule has 4 aromatic carbocycles. The molecule has 1 heterocycles. The maximum Gasteiger partial charge on any atom is 0.182 e. The van der Waals surface area contributed by atoms with Gasteiger partial charge in [-0.15, -0.1) is 12.4 Å². The highest BCUT2D eigenvalue weighted by Gasteiger charge is 2.40. The average Bonchev–Trinajstić information content (AvgIpc) is 2.82. The van der Waals surface area contributed by atoms with E-state index >= 15 is 0 Å². The van der Waals surface area contributed by atoms with Crippen molar-refractivity contribution in [2.45, 2.75) is 31.6 Å². The zero-order valence-corrected chi connectivity index (χ0v) is 20.8. The van der Waals surface area contributed by atoms with Gasteiger partial charge in [0.05, 0.1) is 13.2 Å². The third-order valence-electron chi connectivity index (χ3n) is 6.61. The van der Waals surface area contributed by atoms with E-state index in [0.717, 1.165) is 21.7 Å². The van der Waals surface area contributed by atoms with Gasteiger partial charge in [-0.2, -0.15) is 0 Å². The summed E-state index contributed by atoms with van der Waals surface area (Å²) in [6, 6.07) is 29.0. The first-order valence-corrected chi connectivity index (χ1v) is 11.7. The van der Waals surface area contributed by atoms with Gasteiger partial charge in [-0.3, -0.25) is 0 Å². The summed E-state index contributed by atoms with van der Waals surface area (Å²) in [5, 5.41) is 6.82. The Hall–Kier alpha value is -2.43. The van der Waals surface area contributed by atoms with Gasteiger partial charge >= 0.3 is 0 Å². The summed E-state index contributed by atoms with van der Waals surface area (Å²) in [6.45, 7) is 4.61. The molecular weight excluding hydrogens is 468 g/mol. The number of hydrogen-bond acceptors (Lipinski definition) is 2. The lowest BCUT2D eigenvalue weighted by molar-refractivity contribution is -0.135. The molecule has 1 aliphatic heterocycles. The van der Waals surface area contributed by atoms with Crippen LogP contribution in [0.15, 0.2) is 84.9 Å². The van der Waals surface area contributed by atoms with Gasteiger partial charge in [-0.25, -0.2) is 4.39 Å². The SMILES string of the molecule is CC(NC(C)c1cc(-c2ccc(C3(F)COC3)cc2)c2ccccc2c1)c1cccc(Cl)c1.Cl. The summed E-state index contributed by atoms with van der Waals surface area (Å²) in [5.41, 5.74) is 3.93. The Labute approximate surface area is 211 Å². The molecule has 2 atom stereocenters. The lowest BCUT2D eigenvalue weighted by Gasteiger charge is -2.34. The number of benzene rings is 4. The summed E-state index contributed by atoms with van der Waals surface area (Å²) in [4.78, 5) is 0. The molecule has 0 aromatic heterocycles. The van der Waals surface area contributed by atoms with Crippen LogP contribution in [0.25, 0.3) is 21.9 Å². The van der Waals surface area contributed by atoms with Crippen molar-refractivity contribution in [3.05, 3.63) is 107 Å². The van der Waals surface area contributed by atoms with Gasteiger partial charge in [0, 0.05) is 17.1 Å². The van der Waals surface area contributed by atoms with Crippen LogP contribution < -0.4 is 5.32 Å². The molecule has 2 nitrogen and oxygen atoms in total. The largest absolute Gasteiger partial charge is 0.374 e. The Morgan fingerprint density at radius 1 is 0.853 bits per heavy atom. The molecule has 0 saturated carbocycles. The fourth-order valence-electron chi connectivity index (χ4n) is 4.56. The number of rotatable bonds is 6. The van der Waals surface area contributed by atoms with Crippen LogP contribution in [0.3, 0.4) is 0 Å². The van der Waals surface area contributed by atoms with Crippen LogP contribution in [-0.2, 0) is 10.4 Å². The lowest BCUT2D eigenvalue weighted by atomic mass is 9.90. The molecule has 0 spiro atoms. The predicted octanol–water partition coefficient (Wildman–Crippen LogP) is 8.19. The van der Waals surface area contributed by atoms with E-state index in [1.54, 1.807) is 0 Å². The predicted molar refractivity (Wildman–Crippen MR) is 142 cm³/mol. The first kappa shape index (κ1) is 24.7. The molecule has 0 radical (unpaired) electrons. The molecule has 1 N–H and O–H groups in total. The average molecular weight is 496 g/mol. The lowest BCUT2D eigenvalue weighted by Crippen LogP contribution is -2.42. The quantitative estimate of drug-likeness (QED) is 0.291. The highest BCUT2D eigenvalue weighted by molar-refractivity contribution is 6.30. The first-order valence-electron chi connectivity index (χ1n) is 11.3. The summed E-state index contributed by atoms with van der Waals surface area (Å²) < 4.78 is 19.8. The number of nitrogens with one attached hydrogen (secondary N) is 1.